The lowest BCUT2D eigenvalue weighted by Crippen LogP contribution is -2.45. The predicted molar refractivity (Wildman–Crippen MR) is 85.2 cm³/mol. The van der Waals surface area contributed by atoms with Crippen molar-refractivity contribution >= 4 is 23.5 Å². The zero-order chi connectivity index (χ0) is 17.3. The average Bonchev–Trinajstić information content (AvgIpc) is 3.14. The van der Waals surface area contributed by atoms with E-state index in [0.717, 1.165) is 12.1 Å². The molecule has 3 atom stereocenters. The van der Waals surface area contributed by atoms with Gasteiger partial charge in [0.1, 0.15) is 6.04 Å². The van der Waals surface area contributed by atoms with Crippen LogP contribution in [0.3, 0.4) is 0 Å². The Morgan fingerprint density at radius 3 is 2.71 bits per heavy atom. The van der Waals surface area contributed by atoms with Crippen LogP contribution in [0.4, 0.5) is 5.69 Å². The second-order valence-corrected chi connectivity index (χ2v) is 6.61. The minimum atomic E-state index is -0.841. The molecule has 1 aliphatic carbocycles. The summed E-state index contributed by atoms with van der Waals surface area (Å²) >= 11 is 0. The van der Waals surface area contributed by atoms with E-state index < -0.39 is 17.9 Å². The summed E-state index contributed by atoms with van der Waals surface area (Å²) in [5.41, 5.74) is 0.725. The van der Waals surface area contributed by atoms with Gasteiger partial charge in [0, 0.05) is 25.7 Å². The molecule has 0 unspecified atom stereocenters. The third-order valence-electron chi connectivity index (χ3n) is 4.92. The van der Waals surface area contributed by atoms with E-state index in [2.05, 4.69) is 10.4 Å². The Morgan fingerprint density at radius 1 is 1.29 bits per heavy atom. The van der Waals surface area contributed by atoms with E-state index in [4.69, 9.17) is 5.11 Å². The van der Waals surface area contributed by atoms with E-state index >= 15 is 0 Å². The number of hydrogen-bond acceptors (Lipinski definition) is 4. The number of carboxylic acids is 1. The fraction of sp³-hybridized carbons (Fsp3) is 0.625. The highest BCUT2D eigenvalue weighted by molar-refractivity contribution is 6.01. The molecule has 0 bridgehead atoms. The largest absolute Gasteiger partial charge is 0.481 e. The summed E-state index contributed by atoms with van der Waals surface area (Å²) in [6.45, 7) is 0.540. The van der Waals surface area contributed by atoms with Gasteiger partial charge >= 0.3 is 5.97 Å². The molecule has 8 heteroatoms. The number of hydrogen-bond donors (Lipinski definition) is 2. The second kappa shape index (κ2) is 6.62. The number of nitrogens with zero attached hydrogens (tertiary/aromatic N) is 3. The number of anilines is 1. The molecule has 0 radical (unpaired) electrons. The van der Waals surface area contributed by atoms with Gasteiger partial charge in [-0.05, 0) is 25.7 Å². The molecule has 1 saturated heterocycles. The lowest BCUT2D eigenvalue weighted by atomic mass is 9.81. The molecular weight excluding hydrogens is 312 g/mol. The number of rotatable bonds is 4. The van der Waals surface area contributed by atoms with Gasteiger partial charge in [0.05, 0.1) is 17.8 Å². The summed E-state index contributed by atoms with van der Waals surface area (Å²) in [5.74, 6) is -1.96. The number of carboxylic acid groups (broad SMARTS) is 1. The summed E-state index contributed by atoms with van der Waals surface area (Å²) in [6, 6.07) is -0.539. The van der Waals surface area contributed by atoms with Gasteiger partial charge in [0.25, 0.3) is 0 Å². The summed E-state index contributed by atoms with van der Waals surface area (Å²) < 4.78 is 1.63. The Bertz CT molecular complexity index is 656. The summed E-state index contributed by atoms with van der Waals surface area (Å²) in [6.07, 6.45) is 6.33. The van der Waals surface area contributed by atoms with E-state index in [1.807, 2.05) is 0 Å². The lowest BCUT2D eigenvalue weighted by molar-refractivity contribution is -0.144. The highest BCUT2D eigenvalue weighted by atomic mass is 16.4. The van der Waals surface area contributed by atoms with Crippen molar-refractivity contribution in [1.29, 1.82) is 0 Å². The van der Waals surface area contributed by atoms with E-state index in [9.17, 15) is 14.4 Å². The molecular formula is C16H22N4O4. The standard InChI is InChI=1S/C16H22N4O4/c1-19-9-12(8-17-19)20-6-5-13(15(20)22)18-14(21)10-3-2-4-11(7-10)16(23)24/h8-11,13H,2-7H2,1H3,(H,18,21)(H,23,24)/t10-,11-,13+/m1/s1. The molecule has 2 heterocycles. The van der Waals surface area contributed by atoms with Crippen LogP contribution >= 0.6 is 0 Å². The molecule has 2 N–H and O–H groups in total. The fourth-order valence-corrected chi connectivity index (χ4v) is 3.56. The maximum atomic E-state index is 12.5. The average molecular weight is 334 g/mol. The maximum Gasteiger partial charge on any atom is 0.306 e. The van der Waals surface area contributed by atoms with Gasteiger partial charge in [-0.25, -0.2) is 0 Å². The molecule has 1 aromatic heterocycles. The summed E-state index contributed by atoms with van der Waals surface area (Å²) in [4.78, 5) is 37.7. The first kappa shape index (κ1) is 16.5. The first-order valence-electron chi connectivity index (χ1n) is 8.29. The molecule has 1 aromatic rings. The molecule has 130 valence electrons. The number of amides is 2. The van der Waals surface area contributed by atoms with Gasteiger partial charge in [-0.15, -0.1) is 0 Å². The normalized spacial score (nSPS) is 27.3. The van der Waals surface area contributed by atoms with Crippen molar-refractivity contribution in [2.75, 3.05) is 11.4 Å². The van der Waals surface area contributed by atoms with Crippen LogP contribution in [0.25, 0.3) is 0 Å². The van der Waals surface area contributed by atoms with Crippen molar-refractivity contribution in [3.63, 3.8) is 0 Å². The molecule has 24 heavy (non-hydrogen) atoms. The van der Waals surface area contributed by atoms with Crippen LogP contribution in [0.15, 0.2) is 12.4 Å². The van der Waals surface area contributed by atoms with Crippen molar-refractivity contribution in [3.05, 3.63) is 12.4 Å². The smallest absolute Gasteiger partial charge is 0.306 e. The maximum absolute atomic E-state index is 12.5. The summed E-state index contributed by atoms with van der Waals surface area (Å²) in [5, 5.41) is 16.0. The minimum Gasteiger partial charge on any atom is -0.481 e. The number of aliphatic carboxylic acids is 1. The molecule has 8 nitrogen and oxygen atoms in total. The molecule has 3 rings (SSSR count). The van der Waals surface area contributed by atoms with Crippen LogP contribution < -0.4 is 10.2 Å². The van der Waals surface area contributed by atoms with Gasteiger partial charge in [-0.3, -0.25) is 19.1 Å². The Labute approximate surface area is 139 Å². The van der Waals surface area contributed by atoms with Gasteiger partial charge in [0.15, 0.2) is 0 Å². The topological polar surface area (TPSA) is 105 Å². The number of aromatic nitrogens is 2. The second-order valence-electron chi connectivity index (χ2n) is 6.61. The number of aryl methyl sites for hydroxylation is 1. The molecule has 1 aliphatic heterocycles. The van der Waals surface area contributed by atoms with E-state index in [-0.39, 0.29) is 17.7 Å². The quantitative estimate of drug-likeness (QED) is 0.836. The van der Waals surface area contributed by atoms with Gasteiger partial charge in [-0.2, -0.15) is 5.10 Å². The molecule has 2 amide bonds. The summed E-state index contributed by atoms with van der Waals surface area (Å²) in [7, 11) is 1.78. The van der Waals surface area contributed by atoms with Crippen molar-refractivity contribution in [1.82, 2.24) is 15.1 Å². The molecule has 2 aliphatic rings. The van der Waals surface area contributed by atoms with Gasteiger partial charge in [-0.1, -0.05) is 6.42 Å². The fourth-order valence-electron chi connectivity index (χ4n) is 3.56. The van der Waals surface area contributed by atoms with Crippen molar-refractivity contribution in [3.8, 4) is 0 Å². The first-order chi connectivity index (χ1) is 11.5. The van der Waals surface area contributed by atoms with Crippen molar-refractivity contribution < 1.29 is 19.5 Å². The highest BCUT2D eigenvalue weighted by Gasteiger charge is 2.37. The third kappa shape index (κ3) is 3.27. The van der Waals surface area contributed by atoms with E-state index in [1.54, 1.807) is 29.0 Å². The Balaban J connectivity index is 1.59. The Kier molecular flexibility index (Phi) is 4.55. The van der Waals surface area contributed by atoms with Crippen LogP contribution in [0, 0.1) is 11.8 Å². The number of nitrogens with one attached hydrogen (secondary N) is 1. The van der Waals surface area contributed by atoms with Crippen LogP contribution in [0.2, 0.25) is 0 Å². The minimum absolute atomic E-state index is 0.137. The first-order valence-corrected chi connectivity index (χ1v) is 8.29. The van der Waals surface area contributed by atoms with Crippen LogP contribution in [0.1, 0.15) is 32.1 Å². The Morgan fingerprint density at radius 2 is 2.04 bits per heavy atom. The molecule has 0 spiro atoms. The SMILES string of the molecule is Cn1cc(N2CC[C@H](NC(=O)[C@@H]3CCC[C@@H](C(=O)O)C3)C2=O)cn1. The highest BCUT2D eigenvalue weighted by Crippen LogP contribution is 2.30. The molecule has 0 aromatic carbocycles. The molecule has 2 fully saturated rings. The van der Waals surface area contributed by atoms with Crippen LogP contribution in [-0.2, 0) is 21.4 Å². The zero-order valence-electron chi connectivity index (χ0n) is 13.6. The van der Waals surface area contributed by atoms with Crippen LogP contribution in [-0.4, -0.2) is 45.3 Å². The number of carbonyl (C=O) groups is 3. The zero-order valence-corrected chi connectivity index (χ0v) is 13.6. The predicted octanol–water partition coefficient (Wildman–Crippen LogP) is 0.533. The van der Waals surface area contributed by atoms with Gasteiger partial charge in [0.2, 0.25) is 11.8 Å². The molecule has 1 saturated carbocycles. The monoisotopic (exact) mass is 334 g/mol. The van der Waals surface area contributed by atoms with E-state index in [0.29, 0.717) is 32.2 Å². The van der Waals surface area contributed by atoms with Gasteiger partial charge < -0.3 is 15.3 Å². The third-order valence-corrected chi connectivity index (χ3v) is 4.92. The number of carbonyl (C=O) groups excluding carboxylic acids is 2. The van der Waals surface area contributed by atoms with Crippen molar-refractivity contribution in [2.24, 2.45) is 18.9 Å². The van der Waals surface area contributed by atoms with E-state index in [1.165, 1.54) is 0 Å². The van der Waals surface area contributed by atoms with Crippen LogP contribution in [0.5, 0.6) is 0 Å². The lowest BCUT2D eigenvalue weighted by Gasteiger charge is -2.26. The van der Waals surface area contributed by atoms with Crippen molar-refractivity contribution in [2.45, 2.75) is 38.1 Å². The Hall–Kier alpha value is -2.38.